The molecule has 0 unspecified atom stereocenters. The van der Waals surface area contributed by atoms with Crippen LogP contribution in [0, 0.1) is 17.6 Å². The van der Waals surface area contributed by atoms with Crippen LogP contribution >= 0.6 is 0 Å². The Labute approximate surface area is 188 Å². The van der Waals surface area contributed by atoms with E-state index in [-0.39, 0.29) is 35.5 Å². The van der Waals surface area contributed by atoms with Crippen LogP contribution in [0.2, 0.25) is 0 Å². The second-order valence-corrected chi connectivity index (χ2v) is 9.32. The van der Waals surface area contributed by atoms with Gasteiger partial charge in [0.15, 0.2) is 0 Å². The summed E-state index contributed by atoms with van der Waals surface area (Å²) in [5.74, 6) is -2.15. The number of carbonyl (C=O) groups excluding carboxylic acids is 1. The van der Waals surface area contributed by atoms with Crippen molar-refractivity contribution in [1.29, 1.82) is 0 Å². The monoisotopic (exact) mass is 478 g/mol. The average Bonchev–Trinajstić information content (AvgIpc) is 3.27. The number of ether oxygens (including phenoxy) is 1. The van der Waals surface area contributed by atoms with Crippen LogP contribution < -0.4 is 10.1 Å². The minimum Gasteiger partial charge on any atom is -0.497 e. The number of benzene rings is 2. The third kappa shape index (κ3) is 4.86. The van der Waals surface area contributed by atoms with Crippen LogP contribution in [0.3, 0.4) is 0 Å². The summed E-state index contributed by atoms with van der Waals surface area (Å²) in [6.45, 7) is 0.338. The van der Waals surface area contributed by atoms with Crippen LogP contribution in [0.5, 0.6) is 5.75 Å². The first-order valence-electron chi connectivity index (χ1n) is 10.0. The van der Waals surface area contributed by atoms with Crippen molar-refractivity contribution in [2.75, 3.05) is 25.5 Å². The first-order valence-corrected chi connectivity index (χ1v) is 11.5. The van der Waals surface area contributed by atoms with Gasteiger partial charge in [0.05, 0.1) is 17.6 Å². The normalized spacial score (nSPS) is 15.4. The molecule has 33 heavy (non-hydrogen) atoms. The van der Waals surface area contributed by atoms with Gasteiger partial charge in [-0.05, 0) is 49.2 Å². The Kier molecular flexibility index (Phi) is 6.38. The molecule has 1 saturated heterocycles. The van der Waals surface area contributed by atoms with Gasteiger partial charge >= 0.3 is 6.01 Å². The summed E-state index contributed by atoms with van der Waals surface area (Å²) in [6.07, 6.45) is 0.601. The summed E-state index contributed by atoms with van der Waals surface area (Å²) in [5.41, 5.74) is -0.0959. The smallest absolute Gasteiger partial charge is 0.322 e. The van der Waals surface area contributed by atoms with E-state index in [1.54, 1.807) is 12.1 Å². The molecule has 0 bridgehead atoms. The maximum absolute atomic E-state index is 13.9. The summed E-state index contributed by atoms with van der Waals surface area (Å²) in [7, 11) is -2.19. The second kappa shape index (κ2) is 9.24. The molecule has 1 aliphatic heterocycles. The molecule has 174 valence electrons. The van der Waals surface area contributed by atoms with Crippen LogP contribution in [0.25, 0.3) is 11.5 Å². The van der Waals surface area contributed by atoms with Crippen LogP contribution in [0.1, 0.15) is 12.8 Å². The van der Waals surface area contributed by atoms with Gasteiger partial charge in [-0.1, -0.05) is 5.10 Å². The lowest BCUT2D eigenvalue weighted by atomic mass is 9.97. The minimum atomic E-state index is -3.69. The third-order valence-electron chi connectivity index (χ3n) is 5.34. The number of aromatic nitrogens is 2. The van der Waals surface area contributed by atoms with Crippen molar-refractivity contribution in [1.82, 2.24) is 14.5 Å². The first-order chi connectivity index (χ1) is 15.8. The Balaban J connectivity index is 1.36. The molecule has 2 heterocycles. The highest BCUT2D eigenvalue weighted by molar-refractivity contribution is 7.89. The van der Waals surface area contributed by atoms with Crippen molar-refractivity contribution in [3.05, 3.63) is 54.1 Å². The SMILES string of the molecule is COc1ccc(S(=O)(=O)N2CCC(C(=O)Nc3nnc(-c4ccc(F)cc4F)o3)CC2)cc1. The first kappa shape index (κ1) is 22.8. The Bertz CT molecular complexity index is 1260. The zero-order valence-corrected chi connectivity index (χ0v) is 18.3. The van der Waals surface area contributed by atoms with Crippen molar-refractivity contribution >= 4 is 21.9 Å². The number of methoxy groups -OCH3 is 1. The lowest BCUT2D eigenvalue weighted by Crippen LogP contribution is -2.41. The fraction of sp³-hybridized carbons (Fsp3) is 0.286. The van der Waals surface area contributed by atoms with Crippen LogP contribution in [0.15, 0.2) is 51.8 Å². The molecule has 9 nitrogen and oxygen atoms in total. The standard InChI is InChI=1S/C21H20F2N4O5S/c1-31-15-3-5-16(6-4-15)33(29,30)27-10-8-13(9-11-27)19(28)24-21-26-25-20(32-21)17-7-2-14(22)12-18(17)23/h2-7,12-13H,8-11H2,1H3,(H,24,26,28). The molecular formula is C21H20F2N4O5S. The summed E-state index contributed by atoms with van der Waals surface area (Å²) in [4.78, 5) is 12.7. The van der Waals surface area contributed by atoms with Gasteiger partial charge in [0.2, 0.25) is 15.9 Å². The van der Waals surface area contributed by atoms with Gasteiger partial charge in [-0.2, -0.15) is 4.31 Å². The van der Waals surface area contributed by atoms with Gasteiger partial charge in [0, 0.05) is 25.1 Å². The molecule has 0 atom stereocenters. The van der Waals surface area contributed by atoms with E-state index in [1.165, 1.54) is 23.5 Å². The van der Waals surface area contributed by atoms with E-state index in [4.69, 9.17) is 9.15 Å². The number of anilines is 1. The molecule has 0 spiro atoms. The largest absolute Gasteiger partial charge is 0.497 e. The predicted octanol–water partition coefficient (Wildman–Crippen LogP) is 3.06. The molecule has 0 aliphatic carbocycles. The molecular weight excluding hydrogens is 458 g/mol. The Morgan fingerprint density at radius 3 is 2.45 bits per heavy atom. The van der Waals surface area contributed by atoms with Gasteiger partial charge in [-0.3, -0.25) is 10.1 Å². The molecule has 1 aliphatic rings. The lowest BCUT2D eigenvalue weighted by molar-refractivity contribution is -0.121. The van der Waals surface area contributed by atoms with E-state index in [9.17, 15) is 22.0 Å². The number of nitrogens with zero attached hydrogens (tertiary/aromatic N) is 3. The van der Waals surface area contributed by atoms with E-state index in [2.05, 4.69) is 15.5 Å². The maximum Gasteiger partial charge on any atom is 0.322 e. The van der Waals surface area contributed by atoms with Crippen molar-refractivity contribution in [2.24, 2.45) is 5.92 Å². The number of piperidine rings is 1. The highest BCUT2D eigenvalue weighted by Crippen LogP contribution is 2.27. The Morgan fingerprint density at radius 1 is 1.12 bits per heavy atom. The van der Waals surface area contributed by atoms with Crippen molar-refractivity contribution < 1.29 is 31.1 Å². The number of hydrogen-bond acceptors (Lipinski definition) is 7. The Morgan fingerprint density at radius 2 is 1.82 bits per heavy atom. The Hall–Kier alpha value is -3.38. The summed E-state index contributed by atoms with van der Waals surface area (Å²) < 4.78 is 64.3. The molecule has 2 aromatic carbocycles. The number of halogens is 2. The molecule has 1 aromatic heterocycles. The summed E-state index contributed by atoms with van der Waals surface area (Å²) >= 11 is 0. The van der Waals surface area contributed by atoms with E-state index < -0.39 is 33.5 Å². The number of amides is 1. The van der Waals surface area contributed by atoms with Crippen molar-refractivity contribution in [2.45, 2.75) is 17.7 Å². The minimum absolute atomic E-state index is 0.0959. The third-order valence-corrected chi connectivity index (χ3v) is 7.25. The number of rotatable bonds is 6. The number of nitrogens with one attached hydrogen (secondary N) is 1. The van der Waals surface area contributed by atoms with Gasteiger partial charge < -0.3 is 9.15 Å². The molecule has 3 aromatic rings. The fourth-order valence-electron chi connectivity index (χ4n) is 3.51. The zero-order chi connectivity index (χ0) is 23.6. The number of hydrogen-bond donors (Lipinski definition) is 1. The topological polar surface area (TPSA) is 115 Å². The van der Waals surface area contributed by atoms with Crippen molar-refractivity contribution in [3.8, 4) is 17.2 Å². The lowest BCUT2D eigenvalue weighted by Gasteiger charge is -2.30. The number of carbonyl (C=O) groups is 1. The van der Waals surface area contributed by atoms with E-state index in [0.29, 0.717) is 24.7 Å². The highest BCUT2D eigenvalue weighted by atomic mass is 32.2. The van der Waals surface area contributed by atoms with Crippen LogP contribution in [-0.4, -0.2) is 49.0 Å². The van der Waals surface area contributed by atoms with Crippen molar-refractivity contribution in [3.63, 3.8) is 0 Å². The molecule has 1 amide bonds. The number of sulfonamides is 1. The van der Waals surface area contributed by atoms with Gasteiger partial charge in [0.25, 0.3) is 5.89 Å². The van der Waals surface area contributed by atoms with Gasteiger partial charge in [-0.25, -0.2) is 17.2 Å². The molecule has 0 saturated carbocycles. The molecule has 0 radical (unpaired) electrons. The van der Waals surface area contributed by atoms with Crippen LogP contribution in [0.4, 0.5) is 14.8 Å². The highest BCUT2D eigenvalue weighted by Gasteiger charge is 2.32. The predicted molar refractivity (Wildman–Crippen MR) is 113 cm³/mol. The zero-order valence-electron chi connectivity index (χ0n) is 17.5. The quantitative estimate of drug-likeness (QED) is 0.579. The molecule has 12 heteroatoms. The van der Waals surface area contributed by atoms with E-state index in [0.717, 1.165) is 12.1 Å². The molecule has 1 N–H and O–H groups in total. The van der Waals surface area contributed by atoms with E-state index in [1.807, 2.05) is 0 Å². The van der Waals surface area contributed by atoms with Gasteiger partial charge in [-0.15, -0.1) is 5.10 Å². The van der Waals surface area contributed by atoms with Crippen LogP contribution in [-0.2, 0) is 14.8 Å². The second-order valence-electron chi connectivity index (χ2n) is 7.38. The van der Waals surface area contributed by atoms with Gasteiger partial charge in [0.1, 0.15) is 17.4 Å². The molecule has 4 rings (SSSR count). The fourth-order valence-corrected chi connectivity index (χ4v) is 4.98. The summed E-state index contributed by atoms with van der Waals surface area (Å²) in [5, 5.41) is 9.82. The maximum atomic E-state index is 13.9. The molecule has 1 fully saturated rings. The average molecular weight is 478 g/mol. The summed E-state index contributed by atoms with van der Waals surface area (Å²) in [6, 6.07) is 8.76. The van der Waals surface area contributed by atoms with E-state index >= 15 is 0 Å².